The van der Waals surface area contributed by atoms with Crippen LogP contribution < -0.4 is 15.5 Å². The van der Waals surface area contributed by atoms with Crippen LogP contribution in [0.25, 0.3) is 0 Å². The summed E-state index contributed by atoms with van der Waals surface area (Å²) in [4.78, 5) is 30.6. The highest BCUT2D eigenvalue weighted by Gasteiger charge is 2.61. The quantitative estimate of drug-likeness (QED) is 0.715. The van der Waals surface area contributed by atoms with Gasteiger partial charge in [0.1, 0.15) is 17.3 Å². The number of nitriles is 1. The summed E-state index contributed by atoms with van der Waals surface area (Å²) < 4.78 is 0. The molecule has 160 valence electrons. The van der Waals surface area contributed by atoms with E-state index < -0.39 is 5.41 Å². The Labute approximate surface area is 191 Å². The highest BCUT2D eigenvalue weighted by molar-refractivity contribution is 6.31. The van der Waals surface area contributed by atoms with Crippen LogP contribution in [0.3, 0.4) is 0 Å². The third-order valence-electron chi connectivity index (χ3n) is 6.72. The van der Waals surface area contributed by atoms with Gasteiger partial charge in [0.2, 0.25) is 5.91 Å². The van der Waals surface area contributed by atoms with E-state index in [1.165, 1.54) is 4.90 Å². The lowest BCUT2D eigenvalue weighted by atomic mass is 9.63. The van der Waals surface area contributed by atoms with Gasteiger partial charge in [-0.05, 0) is 43.5 Å². The molecule has 0 unspecified atom stereocenters. The first-order valence-electron chi connectivity index (χ1n) is 10.4. The molecule has 0 saturated heterocycles. The van der Waals surface area contributed by atoms with Crippen molar-refractivity contribution in [3.63, 3.8) is 0 Å². The molecule has 5 rings (SSSR count). The van der Waals surface area contributed by atoms with E-state index in [0.29, 0.717) is 52.5 Å². The molecule has 1 aliphatic carbocycles. The molecule has 0 saturated carbocycles. The van der Waals surface area contributed by atoms with Crippen molar-refractivity contribution in [1.82, 2.24) is 0 Å². The van der Waals surface area contributed by atoms with Gasteiger partial charge in [-0.25, -0.2) is 0 Å². The van der Waals surface area contributed by atoms with Crippen molar-refractivity contribution in [2.75, 3.05) is 16.8 Å². The van der Waals surface area contributed by atoms with Crippen molar-refractivity contribution >= 4 is 34.7 Å². The van der Waals surface area contributed by atoms with Gasteiger partial charge < -0.3 is 10.6 Å². The Morgan fingerprint density at radius 3 is 2.62 bits per heavy atom. The Morgan fingerprint density at radius 2 is 1.88 bits per heavy atom. The van der Waals surface area contributed by atoms with Crippen molar-refractivity contribution < 1.29 is 9.59 Å². The van der Waals surface area contributed by atoms with Crippen LogP contribution in [0.2, 0.25) is 5.02 Å². The predicted molar refractivity (Wildman–Crippen MR) is 123 cm³/mol. The number of amides is 1. The minimum absolute atomic E-state index is 0.0766. The maximum atomic E-state index is 13.9. The molecule has 0 aromatic heterocycles. The molecule has 0 fully saturated rings. The Bertz CT molecular complexity index is 1320. The summed E-state index contributed by atoms with van der Waals surface area (Å²) in [6.07, 6.45) is 1.53. The van der Waals surface area contributed by atoms with E-state index in [1.807, 2.05) is 37.3 Å². The number of allylic oxidation sites excluding steroid dienone is 1. The molecule has 2 heterocycles. The minimum atomic E-state index is -1.53. The molecule has 32 heavy (non-hydrogen) atoms. The smallest absolute Gasteiger partial charge is 0.247 e. The zero-order chi connectivity index (χ0) is 22.8. The Hall–Kier alpha value is -3.56. The number of carbonyl (C=O) groups is 2. The standard InChI is InChI=1S/C25H21ClN4O2/c1-14-10-11-15(26)12-20(14)30-19-8-5-9-21(31)22(19)25(17(13-27)23(30)28)16-6-3-4-7-18(16)29(2)24(25)32/h3-4,6-7,10-12H,5,8-9,28H2,1-2H3/t25-/m0/s1. The highest BCUT2D eigenvalue weighted by Crippen LogP contribution is 2.56. The van der Waals surface area contributed by atoms with Gasteiger partial charge in [0.05, 0.1) is 11.3 Å². The van der Waals surface area contributed by atoms with Crippen molar-refractivity contribution in [3.8, 4) is 6.07 Å². The molecule has 6 nitrogen and oxygen atoms in total. The number of hydrogen-bond donors (Lipinski definition) is 1. The van der Waals surface area contributed by atoms with Crippen LogP contribution in [0.1, 0.15) is 30.4 Å². The topological polar surface area (TPSA) is 90.4 Å². The summed E-state index contributed by atoms with van der Waals surface area (Å²) in [6, 6.07) is 14.9. The first-order chi connectivity index (χ1) is 15.3. The first-order valence-corrected chi connectivity index (χ1v) is 10.8. The van der Waals surface area contributed by atoms with E-state index in [1.54, 1.807) is 24.1 Å². The minimum Gasteiger partial charge on any atom is -0.384 e. The van der Waals surface area contributed by atoms with Gasteiger partial charge in [-0.3, -0.25) is 14.5 Å². The fourth-order valence-corrected chi connectivity index (χ4v) is 5.50. The molecule has 1 amide bonds. The number of nitrogens with zero attached hydrogens (tertiary/aromatic N) is 3. The van der Waals surface area contributed by atoms with Crippen molar-refractivity contribution in [2.45, 2.75) is 31.6 Å². The molecule has 3 aliphatic rings. The molecule has 2 aromatic rings. The summed E-state index contributed by atoms with van der Waals surface area (Å²) in [6.45, 7) is 1.92. The van der Waals surface area contributed by atoms with Gasteiger partial charge in [-0.15, -0.1) is 0 Å². The van der Waals surface area contributed by atoms with Crippen LogP contribution in [0.15, 0.2) is 65.1 Å². The van der Waals surface area contributed by atoms with Crippen molar-refractivity contribution in [2.24, 2.45) is 5.73 Å². The van der Waals surface area contributed by atoms with Gasteiger partial charge in [-0.2, -0.15) is 5.26 Å². The van der Waals surface area contributed by atoms with Gasteiger partial charge >= 0.3 is 0 Å². The lowest BCUT2D eigenvalue weighted by molar-refractivity contribution is -0.124. The molecule has 2 N–H and O–H groups in total. The molecule has 1 spiro atoms. The predicted octanol–water partition coefficient (Wildman–Crippen LogP) is 4.08. The second-order valence-electron chi connectivity index (χ2n) is 8.37. The number of halogens is 1. The van der Waals surface area contributed by atoms with E-state index >= 15 is 0 Å². The second kappa shape index (κ2) is 6.98. The van der Waals surface area contributed by atoms with Gasteiger partial charge in [0, 0.05) is 41.0 Å². The maximum Gasteiger partial charge on any atom is 0.247 e. The molecule has 0 radical (unpaired) electrons. The number of likely N-dealkylation sites (N-methyl/N-ethyl adjacent to an activating group) is 1. The Balaban J connectivity index is 1.92. The SMILES string of the molecule is Cc1ccc(Cl)cc1N1C(N)=C(C#N)[C@]2(C(=O)N(C)c3ccccc32)C2=C1CCCC2=O. The number of Topliss-reactive ketones (excluding diaryl/α,β-unsaturated/α-hetero) is 1. The van der Waals surface area contributed by atoms with Crippen molar-refractivity contribution in [1.29, 1.82) is 5.26 Å². The molecular formula is C25H21ClN4O2. The number of fused-ring (bicyclic) bond motifs is 3. The van der Waals surface area contributed by atoms with Gasteiger partial charge in [0.15, 0.2) is 5.78 Å². The van der Waals surface area contributed by atoms with E-state index in [4.69, 9.17) is 17.3 Å². The number of para-hydroxylation sites is 1. The van der Waals surface area contributed by atoms with Crippen LogP contribution in [0, 0.1) is 18.3 Å². The van der Waals surface area contributed by atoms with Crippen LogP contribution in [0.4, 0.5) is 11.4 Å². The van der Waals surface area contributed by atoms with Crippen LogP contribution in [-0.4, -0.2) is 18.7 Å². The average Bonchev–Trinajstić information content (AvgIpc) is 2.99. The first kappa shape index (κ1) is 20.3. The normalized spacial score (nSPS) is 22.4. The van der Waals surface area contributed by atoms with Crippen molar-refractivity contribution in [3.05, 3.63) is 81.3 Å². The number of benzene rings is 2. The molecule has 7 heteroatoms. The number of rotatable bonds is 1. The number of anilines is 2. The summed E-state index contributed by atoms with van der Waals surface area (Å²) >= 11 is 6.30. The lowest BCUT2D eigenvalue weighted by Crippen LogP contribution is -2.52. The van der Waals surface area contributed by atoms with Gasteiger partial charge in [0.25, 0.3) is 0 Å². The Kier molecular flexibility index (Phi) is 4.44. The van der Waals surface area contributed by atoms with E-state index in [-0.39, 0.29) is 23.1 Å². The van der Waals surface area contributed by atoms with Crippen LogP contribution >= 0.6 is 11.6 Å². The highest BCUT2D eigenvalue weighted by atomic mass is 35.5. The fourth-order valence-electron chi connectivity index (χ4n) is 5.33. The number of nitrogens with two attached hydrogens (primary N) is 1. The largest absolute Gasteiger partial charge is 0.384 e. The zero-order valence-electron chi connectivity index (χ0n) is 17.8. The molecule has 1 atom stereocenters. The number of hydrogen-bond acceptors (Lipinski definition) is 5. The Morgan fingerprint density at radius 1 is 1.12 bits per heavy atom. The third kappa shape index (κ3) is 2.40. The molecule has 2 aromatic carbocycles. The molecule has 2 aliphatic heterocycles. The molecular weight excluding hydrogens is 424 g/mol. The van der Waals surface area contributed by atoms with E-state index in [2.05, 4.69) is 6.07 Å². The molecule has 0 bridgehead atoms. The fraction of sp³-hybridized carbons (Fsp3) is 0.240. The van der Waals surface area contributed by atoms with E-state index in [0.717, 1.165) is 5.56 Å². The number of carbonyl (C=O) groups excluding carboxylic acids is 2. The lowest BCUT2D eigenvalue weighted by Gasteiger charge is -2.44. The second-order valence-corrected chi connectivity index (χ2v) is 8.80. The number of ketones is 1. The zero-order valence-corrected chi connectivity index (χ0v) is 18.5. The summed E-state index contributed by atoms with van der Waals surface area (Å²) in [5.74, 6) is -0.303. The third-order valence-corrected chi connectivity index (χ3v) is 6.96. The van der Waals surface area contributed by atoms with Gasteiger partial charge in [-0.1, -0.05) is 35.9 Å². The summed E-state index contributed by atoms with van der Waals surface area (Å²) in [5, 5.41) is 10.9. The van der Waals surface area contributed by atoms with Crippen LogP contribution in [-0.2, 0) is 15.0 Å². The summed E-state index contributed by atoms with van der Waals surface area (Å²) in [5.41, 5.74) is 9.15. The monoisotopic (exact) mass is 444 g/mol. The average molecular weight is 445 g/mol. The maximum absolute atomic E-state index is 13.9. The summed E-state index contributed by atoms with van der Waals surface area (Å²) in [7, 11) is 1.67. The van der Waals surface area contributed by atoms with Crippen LogP contribution in [0.5, 0.6) is 0 Å². The number of aryl methyl sites for hydroxylation is 1. The van der Waals surface area contributed by atoms with E-state index in [9.17, 15) is 14.9 Å².